The maximum absolute atomic E-state index is 12.0. The maximum atomic E-state index is 12.0. The number of carbonyl (C=O) groups excluding carboxylic acids is 1. The van der Waals surface area contributed by atoms with Crippen molar-refractivity contribution in [3.05, 3.63) is 11.4 Å². The fourth-order valence-corrected chi connectivity index (χ4v) is 2.89. The summed E-state index contributed by atoms with van der Waals surface area (Å²) in [7, 11) is 0. The molecular weight excluding hydrogens is 266 g/mol. The highest BCUT2D eigenvalue weighted by molar-refractivity contribution is 5.97. The first-order valence-electron chi connectivity index (χ1n) is 7.98. The molecule has 1 atom stereocenters. The van der Waals surface area contributed by atoms with Crippen molar-refractivity contribution < 1.29 is 4.79 Å². The maximum Gasteiger partial charge on any atom is 0.273 e. The Morgan fingerprint density at radius 2 is 2.33 bits per heavy atom. The van der Waals surface area contributed by atoms with Gasteiger partial charge < -0.3 is 16.0 Å². The van der Waals surface area contributed by atoms with Crippen molar-refractivity contribution in [1.82, 2.24) is 20.4 Å². The van der Waals surface area contributed by atoms with Gasteiger partial charge in [-0.1, -0.05) is 13.3 Å². The molecule has 1 saturated heterocycles. The van der Waals surface area contributed by atoms with Crippen LogP contribution in [-0.4, -0.2) is 46.7 Å². The molecule has 1 aromatic rings. The van der Waals surface area contributed by atoms with E-state index in [1.54, 1.807) is 0 Å². The Hall–Kier alpha value is -1.56. The molecule has 1 fully saturated rings. The standard InChI is InChI=1S/C15H27N5O/c1-3-12-13(16)14(19-18-12)15(21)17-8-6-10-20-9-5-4-7-11(20)2/h11H,3-10,16H2,1-2H3,(H,17,21)(H,18,19). The Balaban J connectivity index is 1.73. The number of aryl methyl sites for hydroxylation is 1. The summed E-state index contributed by atoms with van der Waals surface area (Å²) in [5.74, 6) is -0.185. The van der Waals surface area contributed by atoms with E-state index in [9.17, 15) is 4.79 Å². The highest BCUT2D eigenvalue weighted by atomic mass is 16.1. The topological polar surface area (TPSA) is 87.0 Å². The fraction of sp³-hybridized carbons (Fsp3) is 0.733. The molecular formula is C15H27N5O. The lowest BCUT2D eigenvalue weighted by Crippen LogP contribution is -2.39. The number of aromatic nitrogens is 2. The molecule has 1 aromatic heterocycles. The van der Waals surface area contributed by atoms with Crippen LogP contribution < -0.4 is 11.1 Å². The van der Waals surface area contributed by atoms with E-state index >= 15 is 0 Å². The first-order valence-corrected chi connectivity index (χ1v) is 7.98. The van der Waals surface area contributed by atoms with Gasteiger partial charge in [0.15, 0.2) is 5.69 Å². The van der Waals surface area contributed by atoms with Crippen molar-refractivity contribution >= 4 is 11.6 Å². The Bertz CT molecular complexity index is 471. The third kappa shape index (κ3) is 3.97. The number of hydrogen-bond acceptors (Lipinski definition) is 4. The first-order chi connectivity index (χ1) is 10.1. The number of amides is 1. The Labute approximate surface area is 126 Å². The molecule has 21 heavy (non-hydrogen) atoms. The van der Waals surface area contributed by atoms with E-state index in [-0.39, 0.29) is 5.91 Å². The number of anilines is 1. The summed E-state index contributed by atoms with van der Waals surface area (Å²) < 4.78 is 0. The number of piperidine rings is 1. The summed E-state index contributed by atoms with van der Waals surface area (Å²) in [6.45, 7) is 7.15. The molecule has 0 radical (unpaired) electrons. The zero-order valence-electron chi connectivity index (χ0n) is 13.1. The second-order valence-electron chi connectivity index (χ2n) is 5.81. The number of nitrogen functional groups attached to an aromatic ring is 1. The molecule has 0 bridgehead atoms. The van der Waals surface area contributed by atoms with Gasteiger partial charge in [0.1, 0.15) is 0 Å². The van der Waals surface area contributed by atoms with E-state index in [0.29, 0.717) is 24.0 Å². The molecule has 6 heteroatoms. The van der Waals surface area contributed by atoms with Gasteiger partial charge in [0.25, 0.3) is 5.91 Å². The fourth-order valence-electron chi connectivity index (χ4n) is 2.89. The molecule has 4 N–H and O–H groups in total. The van der Waals surface area contributed by atoms with Gasteiger partial charge in [0.05, 0.1) is 11.4 Å². The average Bonchev–Trinajstić information content (AvgIpc) is 2.86. The molecule has 2 heterocycles. The van der Waals surface area contributed by atoms with Crippen molar-refractivity contribution in [2.24, 2.45) is 0 Å². The predicted molar refractivity (Wildman–Crippen MR) is 84.2 cm³/mol. The zero-order chi connectivity index (χ0) is 15.2. The lowest BCUT2D eigenvalue weighted by Gasteiger charge is -2.33. The largest absolute Gasteiger partial charge is 0.395 e. The van der Waals surface area contributed by atoms with E-state index in [1.807, 2.05) is 6.92 Å². The van der Waals surface area contributed by atoms with E-state index in [0.717, 1.165) is 25.1 Å². The van der Waals surface area contributed by atoms with Gasteiger partial charge in [-0.3, -0.25) is 9.89 Å². The summed E-state index contributed by atoms with van der Waals surface area (Å²) in [6, 6.07) is 0.670. The van der Waals surface area contributed by atoms with Gasteiger partial charge in [-0.25, -0.2) is 0 Å². The number of hydrogen-bond donors (Lipinski definition) is 3. The quantitative estimate of drug-likeness (QED) is 0.694. The third-order valence-corrected chi connectivity index (χ3v) is 4.30. The lowest BCUT2D eigenvalue weighted by atomic mass is 10.0. The van der Waals surface area contributed by atoms with Crippen LogP contribution in [0.15, 0.2) is 0 Å². The van der Waals surface area contributed by atoms with Crippen molar-refractivity contribution in [2.75, 3.05) is 25.4 Å². The number of nitrogens with zero attached hydrogens (tertiary/aromatic N) is 2. The Morgan fingerprint density at radius 1 is 1.52 bits per heavy atom. The second-order valence-corrected chi connectivity index (χ2v) is 5.81. The van der Waals surface area contributed by atoms with Crippen LogP contribution in [0.2, 0.25) is 0 Å². The van der Waals surface area contributed by atoms with Crippen LogP contribution in [0.3, 0.4) is 0 Å². The number of likely N-dealkylation sites (tertiary alicyclic amines) is 1. The lowest BCUT2D eigenvalue weighted by molar-refractivity contribution is 0.0945. The number of aromatic amines is 1. The zero-order valence-corrected chi connectivity index (χ0v) is 13.1. The van der Waals surface area contributed by atoms with Gasteiger partial charge in [-0.05, 0) is 39.2 Å². The van der Waals surface area contributed by atoms with E-state index in [1.165, 1.54) is 25.8 Å². The summed E-state index contributed by atoms with van der Waals surface area (Å²) in [4.78, 5) is 14.5. The molecule has 2 rings (SSSR count). The van der Waals surface area contributed by atoms with Gasteiger partial charge in [0.2, 0.25) is 0 Å². The normalized spacial score (nSPS) is 19.6. The van der Waals surface area contributed by atoms with Crippen LogP contribution >= 0.6 is 0 Å². The van der Waals surface area contributed by atoms with Crippen molar-refractivity contribution in [3.63, 3.8) is 0 Å². The van der Waals surface area contributed by atoms with Gasteiger partial charge >= 0.3 is 0 Å². The Morgan fingerprint density at radius 3 is 3.00 bits per heavy atom. The molecule has 1 aliphatic rings. The Kier molecular flexibility index (Phi) is 5.61. The number of nitrogens with two attached hydrogens (primary N) is 1. The number of rotatable bonds is 6. The summed E-state index contributed by atoms with van der Waals surface area (Å²) in [5.41, 5.74) is 7.50. The second kappa shape index (κ2) is 7.45. The molecule has 0 aromatic carbocycles. The molecule has 118 valence electrons. The number of carbonyl (C=O) groups is 1. The molecule has 0 aliphatic carbocycles. The third-order valence-electron chi connectivity index (χ3n) is 4.30. The average molecular weight is 293 g/mol. The minimum absolute atomic E-state index is 0.185. The predicted octanol–water partition coefficient (Wildman–Crippen LogP) is 1.55. The van der Waals surface area contributed by atoms with Crippen molar-refractivity contribution in [1.29, 1.82) is 0 Å². The SMILES string of the molecule is CCc1[nH]nc(C(=O)NCCCN2CCCCC2C)c1N. The van der Waals surface area contributed by atoms with E-state index in [4.69, 9.17) is 5.73 Å². The van der Waals surface area contributed by atoms with Gasteiger partial charge in [0, 0.05) is 19.1 Å². The van der Waals surface area contributed by atoms with Crippen LogP contribution in [0.4, 0.5) is 5.69 Å². The molecule has 0 spiro atoms. The smallest absolute Gasteiger partial charge is 0.273 e. The minimum atomic E-state index is -0.185. The number of H-pyrrole nitrogens is 1. The first kappa shape index (κ1) is 15.8. The van der Waals surface area contributed by atoms with Crippen LogP contribution in [-0.2, 0) is 6.42 Å². The van der Waals surface area contributed by atoms with E-state index < -0.39 is 0 Å². The molecule has 0 saturated carbocycles. The van der Waals surface area contributed by atoms with Gasteiger partial charge in [-0.15, -0.1) is 0 Å². The van der Waals surface area contributed by atoms with Crippen LogP contribution in [0.1, 0.15) is 55.7 Å². The summed E-state index contributed by atoms with van der Waals surface area (Å²) >= 11 is 0. The van der Waals surface area contributed by atoms with E-state index in [2.05, 4.69) is 27.3 Å². The minimum Gasteiger partial charge on any atom is -0.395 e. The van der Waals surface area contributed by atoms with Crippen LogP contribution in [0, 0.1) is 0 Å². The highest BCUT2D eigenvalue weighted by Crippen LogP contribution is 2.16. The van der Waals surface area contributed by atoms with Gasteiger partial charge in [-0.2, -0.15) is 5.10 Å². The molecule has 1 amide bonds. The van der Waals surface area contributed by atoms with Crippen LogP contribution in [0.25, 0.3) is 0 Å². The van der Waals surface area contributed by atoms with Crippen LogP contribution in [0.5, 0.6) is 0 Å². The molecule has 1 aliphatic heterocycles. The summed E-state index contributed by atoms with van der Waals surface area (Å²) in [6.07, 6.45) is 5.63. The molecule has 1 unspecified atom stereocenters. The number of nitrogens with one attached hydrogen (secondary N) is 2. The monoisotopic (exact) mass is 293 g/mol. The van der Waals surface area contributed by atoms with Crippen molar-refractivity contribution in [2.45, 2.75) is 52.0 Å². The molecule has 6 nitrogen and oxygen atoms in total. The highest BCUT2D eigenvalue weighted by Gasteiger charge is 2.18. The summed E-state index contributed by atoms with van der Waals surface area (Å²) in [5, 5.41) is 9.71. The van der Waals surface area contributed by atoms with Crippen molar-refractivity contribution in [3.8, 4) is 0 Å².